The maximum absolute atomic E-state index is 11.4. The molecule has 0 bridgehead atoms. The average molecular weight is 214 g/mol. The Kier molecular flexibility index (Phi) is 4.23. The second-order valence-corrected chi connectivity index (χ2v) is 3.99. The van der Waals surface area contributed by atoms with Gasteiger partial charge in [-0.1, -0.05) is 0 Å². The van der Waals surface area contributed by atoms with Gasteiger partial charge in [0.05, 0.1) is 18.6 Å². The van der Waals surface area contributed by atoms with Gasteiger partial charge < -0.3 is 10.4 Å². The first-order valence-corrected chi connectivity index (χ1v) is 5.24. The molecule has 2 atom stereocenters. The van der Waals surface area contributed by atoms with Crippen LogP contribution in [0.1, 0.15) is 26.2 Å². The van der Waals surface area contributed by atoms with Crippen LogP contribution < -0.4 is 5.32 Å². The zero-order valence-electron chi connectivity index (χ0n) is 9.19. The molecule has 0 saturated carbocycles. The molecule has 1 heterocycles. The fourth-order valence-corrected chi connectivity index (χ4v) is 1.59. The predicted molar refractivity (Wildman–Crippen MR) is 55.1 cm³/mol. The van der Waals surface area contributed by atoms with Crippen molar-refractivity contribution < 1.29 is 14.7 Å². The number of amides is 2. The molecule has 5 heteroatoms. The highest BCUT2D eigenvalue weighted by molar-refractivity contribution is 6.05. The van der Waals surface area contributed by atoms with E-state index in [0.29, 0.717) is 13.0 Å². The molecule has 1 fully saturated rings. The quantitative estimate of drug-likeness (QED) is 0.478. The van der Waals surface area contributed by atoms with Crippen molar-refractivity contribution in [3.05, 3.63) is 0 Å². The van der Waals surface area contributed by atoms with Crippen LogP contribution in [-0.2, 0) is 9.59 Å². The second kappa shape index (κ2) is 5.23. The van der Waals surface area contributed by atoms with E-state index in [9.17, 15) is 9.59 Å². The van der Waals surface area contributed by atoms with Crippen molar-refractivity contribution in [1.29, 1.82) is 0 Å². The Bertz CT molecular complexity index is 253. The SMILES string of the molecule is CC(O)CCCNC1CC(=O)N(C)C1=O. The van der Waals surface area contributed by atoms with Crippen LogP contribution in [0.25, 0.3) is 0 Å². The Morgan fingerprint density at radius 3 is 2.73 bits per heavy atom. The summed E-state index contributed by atoms with van der Waals surface area (Å²) in [6.45, 7) is 2.39. The molecule has 15 heavy (non-hydrogen) atoms. The van der Waals surface area contributed by atoms with Crippen LogP contribution in [0.2, 0.25) is 0 Å². The number of likely N-dealkylation sites (N-methyl/N-ethyl adjacent to an activating group) is 1. The molecular weight excluding hydrogens is 196 g/mol. The fourth-order valence-electron chi connectivity index (χ4n) is 1.59. The number of hydrogen-bond acceptors (Lipinski definition) is 4. The summed E-state index contributed by atoms with van der Waals surface area (Å²) in [6.07, 6.45) is 1.46. The van der Waals surface area contributed by atoms with Crippen LogP contribution >= 0.6 is 0 Å². The molecule has 1 aliphatic heterocycles. The van der Waals surface area contributed by atoms with E-state index < -0.39 is 0 Å². The summed E-state index contributed by atoms with van der Waals surface area (Å²) in [4.78, 5) is 23.8. The fraction of sp³-hybridized carbons (Fsp3) is 0.800. The van der Waals surface area contributed by atoms with Crippen LogP contribution in [0.3, 0.4) is 0 Å². The molecule has 1 rings (SSSR count). The molecule has 0 aromatic heterocycles. The van der Waals surface area contributed by atoms with Crippen molar-refractivity contribution in [3.63, 3.8) is 0 Å². The molecule has 5 nitrogen and oxygen atoms in total. The number of imide groups is 1. The Morgan fingerprint density at radius 2 is 2.27 bits per heavy atom. The van der Waals surface area contributed by atoms with Crippen LogP contribution in [0, 0.1) is 0 Å². The average Bonchev–Trinajstić information content (AvgIpc) is 2.41. The van der Waals surface area contributed by atoms with Gasteiger partial charge in [0.1, 0.15) is 0 Å². The molecule has 1 aliphatic rings. The Hall–Kier alpha value is -0.940. The number of likely N-dealkylation sites (tertiary alicyclic amines) is 1. The zero-order valence-corrected chi connectivity index (χ0v) is 9.19. The minimum atomic E-state index is -0.364. The minimum Gasteiger partial charge on any atom is -0.393 e. The van der Waals surface area contributed by atoms with Crippen LogP contribution in [0.5, 0.6) is 0 Å². The molecule has 2 N–H and O–H groups in total. The molecule has 1 saturated heterocycles. The first-order valence-electron chi connectivity index (χ1n) is 5.24. The maximum Gasteiger partial charge on any atom is 0.246 e. The van der Waals surface area contributed by atoms with E-state index in [1.807, 2.05) is 0 Å². The molecule has 86 valence electrons. The molecule has 0 spiro atoms. The highest BCUT2D eigenvalue weighted by Crippen LogP contribution is 2.10. The second-order valence-electron chi connectivity index (χ2n) is 3.99. The standard InChI is InChI=1S/C10H18N2O3/c1-7(13)4-3-5-11-8-6-9(14)12(2)10(8)15/h7-8,11,13H,3-6H2,1-2H3. The number of nitrogens with zero attached hydrogens (tertiary/aromatic N) is 1. The van der Waals surface area contributed by atoms with Crippen molar-refractivity contribution in [3.8, 4) is 0 Å². The lowest BCUT2D eigenvalue weighted by Crippen LogP contribution is -2.37. The van der Waals surface area contributed by atoms with Gasteiger partial charge in [0.2, 0.25) is 11.8 Å². The Balaban J connectivity index is 2.23. The molecule has 2 amide bonds. The van der Waals surface area contributed by atoms with E-state index in [-0.39, 0.29) is 30.4 Å². The Labute approximate surface area is 89.4 Å². The Morgan fingerprint density at radius 1 is 1.60 bits per heavy atom. The third-order valence-electron chi connectivity index (χ3n) is 2.57. The van der Waals surface area contributed by atoms with Crippen molar-refractivity contribution in [2.45, 2.75) is 38.3 Å². The van der Waals surface area contributed by atoms with Crippen molar-refractivity contribution in [2.24, 2.45) is 0 Å². The lowest BCUT2D eigenvalue weighted by Gasteiger charge is -2.11. The van der Waals surface area contributed by atoms with E-state index in [0.717, 1.165) is 11.3 Å². The number of rotatable bonds is 5. The summed E-state index contributed by atoms with van der Waals surface area (Å²) in [6, 6.07) is -0.364. The van der Waals surface area contributed by atoms with E-state index in [1.54, 1.807) is 6.92 Å². The number of carbonyl (C=O) groups excluding carboxylic acids is 2. The topological polar surface area (TPSA) is 69.6 Å². The lowest BCUT2D eigenvalue weighted by molar-refractivity contribution is -0.137. The van der Waals surface area contributed by atoms with E-state index in [1.165, 1.54) is 7.05 Å². The molecule has 0 aromatic rings. The number of aliphatic hydroxyl groups excluding tert-OH is 1. The first kappa shape index (κ1) is 12.1. The smallest absolute Gasteiger partial charge is 0.246 e. The number of aliphatic hydroxyl groups is 1. The van der Waals surface area contributed by atoms with E-state index in [2.05, 4.69) is 5.32 Å². The largest absolute Gasteiger partial charge is 0.393 e. The van der Waals surface area contributed by atoms with Gasteiger partial charge in [0.15, 0.2) is 0 Å². The van der Waals surface area contributed by atoms with Gasteiger partial charge in [-0.05, 0) is 26.3 Å². The summed E-state index contributed by atoms with van der Waals surface area (Å²) in [5.41, 5.74) is 0. The highest BCUT2D eigenvalue weighted by Gasteiger charge is 2.35. The third-order valence-corrected chi connectivity index (χ3v) is 2.57. The molecule has 0 radical (unpaired) electrons. The van der Waals surface area contributed by atoms with Gasteiger partial charge in [0, 0.05) is 7.05 Å². The molecular formula is C10H18N2O3. The minimum absolute atomic E-state index is 0.131. The van der Waals surface area contributed by atoms with Gasteiger partial charge in [-0.25, -0.2) is 0 Å². The summed E-state index contributed by atoms with van der Waals surface area (Å²) in [5.74, 6) is -0.287. The lowest BCUT2D eigenvalue weighted by atomic mass is 10.2. The van der Waals surface area contributed by atoms with Gasteiger partial charge in [-0.2, -0.15) is 0 Å². The van der Waals surface area contributed by atoms with E-state index in [4.69, 9.17) is 5.11 Å². The normalized spacial score (nSPS) is 23.7. The van der Waals surface area contributed by atoms with Gasteiger partial charge in [-0.3, -0.25) is 14.5 Å². The van der Waals surface area contributed by atoms with Gasteiger partial charge in [0.25, 0.3) is 0 Å². The summed E-state index contributed by atoms with van der Waals surface area (Å²) in [5, 5.41) is 12.0. The van der Waals surface area contributed by atoms with Crippen molar-refractivity contribution >= 4 is 11.8 Å². The van der Waals surface area contributed by atoms with Crippen LogP contribution in [0.4, 0.5) is 0 Å². The number of nitrogens with one attached hydrogen (secondary N) is 1. The molecule has 0 aromatic carbocycles. The number of hydrogen-bond donors (Lipinski definition) is 2. The van der Waals surface area contributed by atoms with Crippen LogP contribution in [-0.4, -0.2) is 47.6 Å². The molecule has 0 aliphatic carbocycles. The van der Waals surface area contributed by atoms with E-state index >= 15 is 0 Å². The first-order chi connectivity index (χ1) is 7.02. The number of carbonyl (C=O) groups is 2. The van der Waals surface area contributed by atoms with Crippen molar-refractivity contribution in [2.75, 3.05) is 13.6 Å². The van der Waals surface area contributed by atoms with Crippen molar-refractivity contribution in [1.82, 2.24) is 10.2 Å². The summed E-state index contributed by atoms with van der Waals surface area (Å²) in [7, 11) is 1.50. The monoisotopic (exact) mass is 214 g/mol. The zero-order chi connectivity index (χ0) is 11.4. The van der Waals surface area contributed by atoms with Gasteiger partial charge >= 0.3 is 0 Å². The van der Waals surface area contributed by atoms with Gasteiger partial charge in [-0.15, -0.1) is 0 Å². The predicted octanol–water partition coefficient (Wildman–Crippen LogP) is -0.506. The van der Waals surface area contributed by atoms with Crippen LogP contribution in [0.15, 0.2) is 0 Å². The highest BCUT2D eigenvalue weighted by atomic mass is 16.3. The summed E-state index contributed by atoms with van der Waals surface area (Å²) < 4.78 is 0. The third kappa shape index (κ3) is 3.28. The molecule has 2 unspecified atom stereocenters. The maximum atomic E-state index is 11.4. The summed E-state index contributed by atoms with van der Waals surface area (Å²) >= 11 is 0.